The van der Waals surface area contributed by atoms with Crippen LogP contribution in [0.2, 0.25) is 0 Å². The molecule has 14 heavy (non-hydrogen) atoms. The van der Waals surface area contributed by atoms with E-state index in [-0.39, 0.29) is 0 Å². The molecule has 1 aromatic rings. The fourth-order valence-electron chi connectivity index (χ4n) is 1.08. The third-order valence-electron chi connectivity index (χ3n) is 1.69. The lowest BCUT2D eigenvalue weighted by molar-refractivity contribution is 0.160. The number of aryl methyl sites for hydroxylation is 1. The number of aromatic nitrogens is 1. The number of pyridine rings is 1. The third-order valence-corrected chi connectivity index (χ3v) is 1.85. The lowest BCUT2D eigenvalue weighted by Gasteiger charge is -2.06. The van der Waals surface area contributed by atoms with E-state index in [4.69, 9.17) is 16.3 Å². The van der Waals surface area contributed by atoms with E-state index in [1.807, 2.05) is 19.1 Å². The minimum absolute atomic E-state index is 0.550. The first-order chi connectivity index (χ1) is 6.83. The average Bonchev–Trinajstić information content (AvgIpc) is 2.18. The Morgan fingerprint density at radius 3 is 3.07 bits per heavy atom. The summed E-state index contributed by atoms with van der Waals surface area (Å²) in [4.78, 5) is 4.11. The summed E-state index contributed by atoms with van der Waals surface area (Å²) in [5, 5.41) is 3.24. The predicted molar refractivity (Wildman–Crippen MR) is 59.0 cm³/mol. The van der Waals surface area contributed by atoms with Crippen LogP contribution in [0.1, 0.15) is 5.69 Å². The number of alkyl halides is 1. The fourth-order valence-corrected chi connectivity index (χ4v) is 1.19. The number of rotatable bonds is 6. The molecular formula is C10H15ClN2O. The molecule has 0 atom stereocenters. The molecule has 0 amide bonds. The van der Waals surface area contributed by atoms with Gasteiger partial charge in [-0.1, -0.05) is 0 Å². The highest BCUT2D eigenvalue weighted by atomic mass is 35.5. The summed E-state index contributed by atoms with van der Waals surface area (Å²) in [5.41, 5.74) is 2.09. The Hall–Kier alpha value is -0.800. The predicted octanol–water partition coefficient (Wildman–Crippen LogP) is 2.06. The molecule has 0 spiro atoms. The maximum absolute atomic E-state index is 5.46. The van der Waals surface area contributed by atoms with Gasteiger partial charge >= 0.3 is 0 Å². The van der Waals surface area contributed by atoms with Crippen LogP contribution < -0.4 is 5.32 Å². The summed E-state index contributed by atoms with van der Waals surface area (Å²) >= 11 is 5.46. The van der Waals surface area contributed by atoms with Crippen molar-refractivity contribution in [2.75, 3.05) is 31.0 Å². The maximum atomic E-state index is 5.46. The molecule has 1 N–H and O–H groups in total. The lowest BCUT2D eigenvalue weighted by atomic mass is 10.3. The fraction of sp³-hybridized carbons (Fsp3) is 0.500. The van der Waals surface area contributed by atoms with E-state index in [0.29, 0.717) is 19.1 Å². The third kappa shape index (κ3) is 4.44. The molecule has 0 aliphatic carbocycles. The van der Waals surface area contributed by atoms with E-state index < -0.39 is 0 Å². The van der Waals surface area contributed by atoms with Crippen LogP contribution in [0.5, 0.6) is 0 Å². The van der Waals surface area contributed by atoms with Gasteiger partial charge in [0.05, 0.1) is 13.2 Å². The van der Waals surface area contributed by atoms with E-state index in [9.17, 15) is 0 Å². The van der Waals surface area contributed by atoms with Gasteiger partial charge in [0.25, 0.3) is 0 Å². The summed E-state index contributed by atoms with van der Waals surface area (Å²) in [7, 11) is 0. The van der Waals surface area contributed by atoms with Crippen molar-refractivity contribution in [1.82, 2.24) is 4.98 Å². The monoisotopic (exact) mass is 214 g/mol. The number of hydrogen-bond donors (Lipinski definition) is 1. The van der Waals surface area contributed by atoms with Crippen LogP contribution in [0.3, 0.4) is 0 Å². The molecule has 3 nitrogen and oxygen atoms in total. The average molecular weight is 215 g/mol. The molecule has 0 bridgehead atoms. The summed E-state index contributed by atoms with van der Waals surface area (Å²) in [5.74, 6) is 0.550. The second-order valence-electron chi connectivity index (χ2n) is 2.91. The van der Waals surface area contributed by atoms with Crippen LogP contribution in [-0.2, 0) is 4.74 Å². The summed E-state index contributed by atoms with van der Waals surface area (Å²) in [6.07, 6.45) is 1.79. The van der Waals surface area contributed by atoms with E-state index >= 15 is 0 Å². The number of nitrogens with one attached hydrogen (secondary N) is 1. The SMILES string of the molecule is Cc1cc(NCCOCCCl)ccn1. The van der Waals surface area contributed by atoms with E-state index in [1.165, 1.54) is 0 Å². The van der Waals surface area contributed by atoms with Crippen molar-refractivity contribution < 1.29 is 4.74 Å². The quantitative estimate of drug-likeness (QED) is 0.582. The van der Waals surface area contributed by atoms with Gasteiger partial charge in [0.1, 0.15) is 0 Å². The van der Waals surface area contributed by atoms with Gasteiger partial charge in [0.2, 0.25) is 0 Å². The Kier molecular flexibility index (Phi) is 5.33. The zero-order chi connectivity index (χ0) is 10.2. The highest BCUT2D eigenvalue weighted by molar-refractivity contribution is 6.17. The van der Waals surface area contributed by atoms with Crippen LogP contribution >= 0.6 is 11.6 Å². The van der Waals surface area contributed by atoms with Gasteiger partial charge in [-0.25, -0.2) is 0 Å². The molecular weight excluding hydrogens is 200 g/mol. The van der Waals surface area contributed by atoms with Crippen LogP contribution in [0.25, 0.3) is 0 Å². The van der Waals surface area contributed by atoms with Gasteiger partial charge < -0.3 is 10.1 Å². The molecule has 0 fully saturated rings. The van der Waals surface area contributed by atoms with Crippen molar-refractivity contribution in [3.05, 3.63) is 24.0 Å². The molecule has 0 radical (unpaired) electrons. The minimum atomic E-state index is 0.550. The molecule has 0 aromatic carbocycles. The van der Waals surface area contributed by atoms with Gasteiger partial charge in [-0.15, -0.1) is 11.6 Å². The van der Waals surface area contributed by atoms with Gasteiger partial charge in [0, 0.05) is 30.0 Å². The summed E-state index contributed by atoms with van der Waals surface area (Å²) in [6, 6.07) is 3.94. The molecule has 0 aliphatic heterocycles. The highest BCUT2D eigenvalue weighted by Crippen LogP contribution is 2.05. The Morgan fingerprint density at radius 2 is 2.36 bits per heavy atom. The largest absolute Gasteiger partial charge is 0.383 e. The van der Waals surface area contributed by atoms with Gasteiger partial charge in [-0.3, -0.25) is 4.98 Å². The Balaban J connectivity index is 2.18. The van der Waals surface area contributed by atoms with E-state index in [1.54, 1.807) is 6.20 Å². The Morgan fingerprint density at radius 1 is 1.50 bits per heavy atom. The molecule has 4 heteroatoms. The molecule has 1 heterocycles. The number of halogens is 1. The smallest absolute Gasteiger partial charge is 0.0639 e. The number of ether oxygens (including phenoxy) is 1. The molecule has 1 aromatic heterocycles. The van der Waals surface area contributed by atoms with Crippen molar-refractivity contribution in [3.8, 4) is 0 Å². The van der Waals surface area contributed by atoms with Gasteiger partial charge in [-0.2, -0.15) is 0 Å². The molecule has 0 unspecified atom stereocenters. The first kappa shape index (κ1) is 11.3. The minimum Gasteiger partial charge on any atom is -0.383 e. The second kappa shape index (κ2) is 6.62. The van der Waals surface area contributed by atoms with Crippen molar-refractivity contribution in [3.63, 3.8) is 0 Å². The van der Waals surface area contributed by atoms with Crippen LogP contribution in [-0.4, -0.2) is 30.6 Å². The normalized spacial score (nSPS) is 10.1. The lowest BCUT2D eigenvalue weighted by Crippen LogP contribution is -2.10. The summed E-state index contributed by atoms with van der Waals surface area (Å²) in [6.45, 7) is 4.04. The number of anilines is 1. The first-order valence-electron chi connectivity index (χ1n) is 4.63. The van der Waals surface area contributed by atoms with Crippen molar-refractivity contribution in [2.45, 2.75) is 6.92 Å². The number of nitrogens with zero attached hydrogens (tertiary/aromatic N) is 1. The zero-order valence-electron chi connectivity index (χ0n) is 8.29. The van der Waals surface area contributed by atoms with Gasteiger partial charge in [-0.05, 0) is 19.1 Å². The maximum Gasteiger partial charge on any atom is 0.0639 e. The molecule has 0 aliphatic rings. The number of hydrogen-bond acceptors (Lipinski definition) is 3. The highest BCUT2D eigenvalue weighted by Gasteiger charge is 1.92. The van der Waals surface area contributed by atoms with Crippen molar-refractivity contribution in [1.29, 1.82) is 0 Å². The Bertz CT molecular complexity index is 268. The van der Waals surface area contributed by atoms with E-state index in [0.717, 1.165) is 17.9 Å². The Labute approximate surface area is 89.4 Å². The van der Waals surface area contributed by atoms with Crippen LogP contribution in [0, 0.1) is 6.92 Å². The second-order valence-corrected chi connectivity index (χ2v) is 3.29. The molecule has 78 valence electrons. The molecule has 0 saturated heterocycles. The van der Waals surface area contributed by atoms with Crippen molar-refractivity contribution >= 4 is 17.3 Å². The van der Waals surface area contributed by atoms with Crippen molar-refractivity contribution in [2.24, 2.45) is 0 Å². The first-order valence-corrected chi connectivity index (χ1v) is 5.16. The zero-order valence-corrected chi connectivity index (χ0v) is 9.05. The molecule has 0 saturated carbocycles. The summed E-state index contributed by atoms with van der Waals surface area (Å²) < 4.78 is 5.22. The van der Waals surface area contributed by atoms with Crippen LogP contribution in [0.15, 0.2) is 18.3 Å². The standard InChI is InChI=1S/C10H15ClN2O/c1-9-8-10(2-4-12-9)13-5-7-14-6-3-11/h2,4,8H,3,5-7H2,1H3,(H,12,13). The van der Waals surface area contributed by atoms with Gasteiger partial charge in [0.15, 0.2) is 0 Å². The molecule has 1 rings (SSSR count). The van der Waals surface area contributed by atoms with Crippen LogP contribution in [0.4, 0.5) is 5.69 Å². The van der Waals surface area contributed by atoms with E-state index in [2.05, 4.69) is 10.3 Å². The topological polar surface area (TPSA) is 34.1 Å².